The first-order chi connectivity index (χ1) is 5.43. The van der Waals surface area contributed by atoms with E-state index in [4.69, 9.17) is 0 Å². The van der Waals surface area contributed by atoms with Crippen molar-refractivity contribution < 1.29 is 0 Å². The van der Waals surface area contributed by atoms with E-state index in [0.717, 1.165) is 5.03 Å². The molecule has 1 aromatic rings. The van der Waals surface area contributed by atoms with Crippen molar-refractivity contribution >= 4 is 21.8 Å². The second-order valence-corrected chi connectivity index (χ2v) is 3.64. The molecule has 0 aromatic carbocycles. The highest BCUT2D eigenvalue weighted by molar-refractivity contribution is 8.76. The average Bonchev–Trinajstić information content (AvgIpc) is 2.07. The highest BCUT2D eigenvalue weighted by Crippen LogP contribution is 2.25. The van der Waals surface area contributed by atoms with Gasteiger partial charge in [0.2, 0.25) is 0 Å². The fraction of sp³-hybridized carbons (Fsp3) is 0. The van der Waals surface area contributed by atoms with Crippen LogP contribution in [0.15, 0.2) is 42.2 Å². The lowest BCUT2D eigenvalue weighted by Gasteiger charge is -1.96. The van der Waals surface area contributed by atoms with Crippen LogP contribution in [0.2, 0.25) is 0 Å². The Bertz CT molecular complexity index is 213. The summed E-state index contributed by atoms with van der Waals surface area (Å²) in [5.41, 5.74) is 0. The van der Waals surface area contributed by atoms with Crippen molar-refractivity contribution in [1.29, 1.82) is 0 Å². The summed E-state index contributed by atoms with van der Waals surface area (Å²) in [5, 5.41) is 0.992. The van der Waals surface area contributed by atoms with Gasteiger partial charge in [0.15, 0.2) is 0 Å². The van der Waals surface area contributed by atoms with Crippen LogP contribution >= 0.6 is 21.8 Å². The van der Waals surface area contributed by atoms with Crippen molar-refractivity contribution in [2.75, 3.05) is 0 Å². The van der Waals surface area contributed by atoms with Crippen molar-refractivity contribution in [2.45, 2.75) is 5.03 Å². The molecule has 0 saturated heterocycles. The van der Waals surface area contributed by atoms with E-state index in [1.807, 2.05) is 18.2 Å². The van der Waals surface area contributed by atoms with E-state index in [9.17, 15) is 0 Å². The quantitative estimate of drug-likeness (QED) is 0.441. The monoisotopic (exact) mass is 184 g/mol. The third-order valence-electron chi connectivity index (χ3n) is 0.896. The summed E-state index contributed by atoms with van der Waals surface area (Å²) in [6.07, 6.45) is 3.41. The maximum atomic E-state index is 4.12. The second kappa shape index (κ2) is 5.09. The third-order valence-corrected chi connectivity index (χ3v) is 2.71. The number of hydrogen-bond acceptors (Lipinski definition) is 4. The minimum Gasteiger partial charge on any atom is -0.328 e. The van der Waals surface area contributed by atoms with E-state index in [-0.39, 0.29) is 0 Å². The highest BCUT2D eigenvalue weighted by Gasteiger charge is 1.90. The van der Waals surface area contributed by atoms with E-state index < -0.39 is 0 Å². The number of nitrogens with one attached hydrogen (secondary N) is 1. The average molecular weight is 184 g/mol. The fourth-order valence-corrected chi connectivity index (χ4v) is 1.84. The molecule has 58 valence electrons. The first-order valence-electron chi connectivity index (χ1n) is 3.04. The van der Waals surface area contributed by atoms with Gasteiger partial charge >= 0.3 is 0 Å². The van der Waals surface area contributed by atoms with Gasteiger partial charge in [-0.3, -0.25) is 0 Å². The molecule has 2 nitrogen and oxygen atoms in total. The summed E-state index contributed by atoms with van der Waals surface area (Å²) in [7, 11) is 3.06. The molecule has 0 unspecified atom stereocenters. The number of nitrogens with zero attached hydrogens (tertiary/aromatic N) is 1. The predicted octanol–water partition coefficient (Wildman–Crippen LogP) is 2.47. The van der Waals surface area contributed by atoms with Crippen LogP contribution in [0.1, 0.15) is 0 Å². The van der Waals surface area contributed by atoms with Crippen molar-refractivity contribution in [3.63, 3.8) is 0 Å². The molecule has 0 aliphatic carbocycles. The first kappa shape index (κ1) is 8.49. The van der Waals surface area contributed by atoms with Gasteiger partial charge in [-0.1, -0.05) is 12.6 Å². The fourth-order valence-electron chi connectivity index (χ4n) is 0.497. The van der Waals surface area contributed by atoms with Gasteiger partial charge in [0.1, 0.15) is 5.03 Å². The molecule has 0 aliphatic rings. The standard InChI is InChI=1S/C7H8N2S2/c1-2-9-11-10-7-5-3-4-6-8-7/h2-6,9H,1H2. The van der Waals surface area contributed by atoms with Crippen LogP contribution in [0.25, 0.3) is 0 Å². The maximum Gasteiger partial charge on any atom is 0.108 e. The van der Waals surface area contributed by atoms with Gasteiger partial charge in [-0.25, -0.2) is 4.98 Å². The minimum atomic E-state index is 0.992. The van der Waals surface area contributed by atoms with Crippen LogP contribution in [-0.4, -0.2) is 4.98 Å². The molecule has 0 atom stereocenters. The molecule has 1 heterocycles. The van der Waals surface area contributed by atoms with Gasteiger partial charge in [-0.2, -0.15) is 0 Å². The second-order valence-electron chi connectivity index (χ2n) is 1.66. The molecule has 0 bridgehead atoms. The molecule has 4 heteroatoms. The molecule has 0 aliphatic heterocycles. The minimum absolute atomic E-state index is 0.992. The summed E-state index contributed by atoms with van der Waals surface area (Å²) < 4.78 is 2.90. The van der Waals surface area contributed by atoms with Crippen LogP contribution in [0.4, 0.5) is 0 Å². The number of aromatic nitrogens is 1. The molecule has 0 radical (unpaired) electrons. The third kappa shape index (κ3) is 3.34. The van der Waals surface area contributed by atoms with Crippen LogP contribution in [-0.2, 0) is 0 Å². The Morgan fingerprint density at radius 2 is 2.45 bits per heavy atom. The van der Waals surface area contributed by atoms with Gasteiger partial charge in [0.05, 0.1) is 0 Å². The smallest absolute Gasteiger partial charge is 0.108 e. The zero-order valence-electron chi connectivity index (χ0n) is 5.86. The molecule has 11 heavy (non-hydrogen) atoms. The lowest BCUT2D eigenvalue weighted by molar-refractivity contribution is 1.14. The molecular formula is C7H8N2S2. The molecule has 0 fully saturated rings. The van der Waals surface area contributed by atoms with E-state index in [0.29, 0.717) is 0 Å². The Balaban J connectivity index is 2.33. The molecule has 0 saturated carbocycles. The Morgan fingerprint density at radius 3 is 3.09 bits per heavy atom. The number of hydrogen-bond donors (Lipinski definition) is 1. The first-order valence-corrected chi connectivity index (χ1v) is 5.19. The highest BCUT2D eigenvalue weighted by atomic mass is 33.1. The number of pyridine rings is 1. The summed E-state index contributed by atoms with van der Waals surface area (Å²) in [6, 6.07) is 5.82. The Labute approximate surface area is 74.0 Å². The van der Waals surface area contributed by atoms with E-state index in [1.54, 1.807) is 23.2 Å². The SMILES string of the molecule is C=CNSSc1ccccn1. The van der Waals surface area contributed by atoms with Crippen LogP contribution in [0.3, 0.4) is 0 Å². The Hall–Kier alpha value is -0.610. The van der Waals surface area contributed by atoms with Crippen molar-refractivity contribution in [3.05, 3.63) is 37.2 Å². The van der Waals surface area contributed by atoms with Crippen molar-refractivity contribution in [2.24, 2.45) is 0 Å². The summed E-state index contributed by atoms with van der Waals surface area (Å²) in [5.74, 6) is 0. The maximum absolute atomic E-state index is 4.12. The van der Waals surface area contributed by atoms with Crippen molar-refractivity contribution in [1.82, 2.24) is 9.71 Å². The van der Waals surface area contributed by atoms with Gasteiger partial charge < -0.3 is 4.72 Å². The largest absolute Gasteiger partial charge is 0.328 e. The summed E-state index contributed by atoms with van der Waals surface area (Å²) in [4.78, 5) is 4.12. The Morgan fingerprint density at radius 1 is 1.55 bits per heavy atom. The van der Waals surface area contributed by atoms with Gasteiger partial charge in [-0.15, -0.1) is 0 Å². The lowest BCUT2D eigenvalue weighted by Crippen LogP contribution is -1.84. The molecule has 1 rings (SSSR count). The van der Waals surface area contributed by atoms with Gasteiger partial charge in [0.25, 0.3) is 0 Å². The van der Waals surface area contributed by atoms with E-state index in [1.165, 1.54) is 11.0 Å². The molecular weight excluding hydrogens is 176 g/mol. The molecule has 0 amide bonds. The van der Waals surface area contributed by atoms with Crippen LogP contribution in [0.5, 0.6) is 0 Å². The molecule has 0 spiro atoms. The molecule has 1 aromatic heterocycles. The Kier molecular flexibility index (Phi) is 3.93. The van der Waals surface area contributed by atoms with Crippen LogP contribution < -0.4 is 4.72 Å². The van der Waals surface area contributed by atoms with Gasteiger partial charge in [0, 0.05) is 23.4 Å². The zero-order valence-corrected chi connectivity index (χ0v) is 7.49. The van der Waals surface area contributed by atoms with E-state index in [2.05, 4.69) is 16.3 Å². The normalized spacial score (nSPS) is 9.09. The van der Waals surface area contributed by atoms with Crippen LogP contribution in [0, 0.1) is 0 Å². The van der Waals surface area contributed by atoms with Crippen molar-refractivity contribution in [3.8, 4) is 0 Å². The number of rotatable bonds is 4. The summed E-state index contributed by atoms with van der Waals surface area (Å²) in [6.45, 7) is 3.53. The summed E-state index contributed by atoms with van der Waals surface area (Å²) >= 11 is 0. The topological polar surface area (TPSA) is 24.9 Å². The predicted molar refractivity (Wildman–Crippen MR) is 51.0 cm³/mol. The van der Waals surface area contributed by atoms with E-state index >= 15 is 0 Å². The molecule has 1 N–H and O–H groups in total. The zero-order chi connectivity index (χ0) is 7.94. The lowest BCUT2D eigenvalue weighted by atomic mass is 10.5. The van der Waals surface area contributed by atoms with Gasteiger partial charge in [-0.05, 0) is 22.9 Å².